The Morgan fingerprint density at radius 3 is 2.89 bits per heavy atom. The molecule has 1 saturated heterocycles. The summed E-state index contributed by atoms with van der Waals surface area (Å²) in [5, 5.41) is 5.34. The number of halogens is 3. The van der Waals surface area contributed by atoms with E-state index >= 15 is 0 Å². The number of hydrogen-bond acceptors (Lipinski definition) is 10. The van der Waals surface area contributed by atoms with Crippen molar-refractivity contribution in [3.05, 3.63) is 63.0 Å². The summed E-state index contributed by atoms with van der Waals surface area (Å²) in [6.07, 6.45) is 1.84. The number of amidine groups is 1. The lowest BCUT2D eigenvalue weighted by atomic mass is 9.94. The maximum absolute atomic E-state index is 15.0. The van der Waals surface area contributed by atoms with Crippen molar-refractivity contribution in [2.24, 2.45) is 4.99 Å². The van der Waals surface area contributed by atoms with E-state index in [2.05, 4.69) is 15.3 Å². The van der Waals surface area contributed by atoms with Crippen LogP contribution in [0.2, 0.25) is 0 Å². The van der Waals surface area contributed by atoms with E-state index in [1.807, 2.05) is 4.90 Å². The number of thiazole rings is 1. The quantitative estimate of drug-likeness (QED) is 0.213. The van der Waals surface area contributed by atoms with E-state index < -0.39 is 29.5 Å². The third-order valence-electron chi connectivity index (χ3n) is 5.85. The molecule has 1 fully saturated rings. The van der Waals surface area contributed by atoms with Crippen LogP contribution in [0.15, 0.2) is 40.0 Å². The third kappa shape index (κ3) is 6.17. The summed E-state index contributed by atoms with van der Waals surface area (Å²) >= 11 is 1.27. The van der Waals surface area contributed by atoms with E-state index in [9.17, 15) is 22.8 Å². The van der Waals surface area contributed by atoms with Crippen LogP contribution < -0.4 is 5.32 Å². The average molecular weight is 539 g/mol. The van der Waals surface area contributed by atoms with Gasteiger partial charge in [0.25, 0.3) is 6.47 Å². The Bertz CT molecular complexity index is 1190. The summed E-state index contributed by atoms with van der Waals surface area (Å²) in [4.78, 5) is 34.3. The minimum absolute atomic E-state index is 0.0144. The molecule has 37 heavy (non-hydrogen) atoms. The van der Waals surface area contributed by atoms with Gasteiger partial charge in [-0.15, -0.1) is 11.3 Å². The van der Waals surface area contributed by atoms with Crippen LogP contribution in [0.4, 0.5) is 13.2 Å². The van der Waals surface area contributed by atoms with Gasteiger partial charge in [-0.3, -0.25) is 14.7 Å². The molecule has 0 spiro atoms. The number of nitrogens with one attached hydrogen (secondary N) is 1. The molecule has 198 valence electrons. The molecule has 13 heteroatoms. The van der Waals surface area contributed by atoms with E-state index in [0.717, 1.165) is 12.1 Å². The molecule has 2 atom stereocenters. The van der Waals surface area contributed by atoms with Crippen molar-refractivity contribution in [2.75, 3.05) is 39.5 Å². The van der Waals surface area contributed by atoms with Gasteiger partial charge in [0.05, 0.1) is 31.5 Å². The average Bonchev–Trinajstić information content (AvgIpc) is 3.43. The number of aliphatic imine (C=N–C) groups is 1. The lowest BCUT2D eigenvalue weighted by Crippen LogP contribution is -2.46. The summed E-state index contributed by atoms with van der Waals surface area (Å²) in [5.74, 6) is -4.93. The van der Waals surface area contributed by atoms with Gasteiger partial charge in [0.15, 0.2) is 28.3 Å². The number of aromatic nitrogens is 1. The molecular formula is C24H25F3N4O5S. The highest BCUT2D eigenvalue weighted by Crippen LogP contribution is 2.35. The molecule has 2 aromatic rings. The molecular weight excluding hydrogens is 513 g/mol. The van der Waals surface area contributed by atoms with Crippen LogP contribution in [0, 0.1) is 17.5 Å². The van der Waals surface area contributed by atoms with Gasteiger partial charge in [-0.05, 0) is 13.0 Å². The van der Waals surface area contributed by atoms with Crippen molar-refractivity contribution < 1.29 is 37.0 Å². The maximum Gasteiger partial charge on any atom is 0.338 e. The molecule has 0 unspecified atom stereocenters. The Balaban J connectivity index is 1.73. The molecule has 3 heterocycles. The van der Waals surface area contributed by atoms with Crippen molar-refractivity contribution in [3.8, 4) is 0 Å². The third-order valence-corrected chi connectivity index (χ3v) is 6.63. The number of nitrogens with zero attached hydrogens (tertiary/aromatic N) is 3. The number of ether oxygens (including phenoxy) is 3. The van der Waals surface area contributed by atoms with Crippen LogP contribution in [0.25, 0.3) is 0 Å². The Hall–Kier alpha value is -3.29. The molecule has 0 aliphatic carbocycles. The zero-order valence-electron chi connectivity index (χ0n) is 19.9. The summed E-state index contributed by atoms with van der Waals surface area (Å²) in [5.41, 5.74) is 0.0536. The molecule has 2 aliphatic rings. The zero-order valence-corrected chi connectivity index (χ0v) is 20.7. The smallest absolute Gasteiger partial charge is 0.338 e. The fraction of sp³-hybridized carbons (Fsp3) is 0.417. The second-order valence-corrected chi connectivity index (χ2v) is 9.10. The van der Waals surface area contributed by atoms with E-state index in [4.69, 9.17) is 14.2 Å². The molecule has 0 bridgehead atoms. The zero-order chi connectivity index (χ0) is 26.4. The molecule has 0 amide bonds. The van der Waals surface area contributed by atoms with Gasteiger partial charge in [-0.1, -0.05) is 6.07 Å². The number of rotatable bonds is 10. The van der Waals surface area contributed by atoms with Crippen molar-refractivity contribution in [1.82, 2.24) is 15.2 Å². The molecule has 0 radical (unpaired) electrons. The topological polar surface area (TPSA) is 102 Å². The molecule has 4 rings (SSSR count). The van der Waals surface area contributed by atoms with Gasteiger partial charge in [0.1, 0.15) is 6.04 Å². The molecule has 2 aliphatic heterocycles. The number of carbonyl (C=O) groups excluding carboxylic acids is 2. The predicted molar refractivity (Wildman–Crippen MR) is 127 cm³/mol. The molecule has 0 saturated carbocycles. The van der Waals surface area contributed by atoms with Crippen molar-refractivity contribution in [1.29, 1.82) is 0 Å². The fourth-order valence-corrected chi connectivity index (χ4v) is 4.75. The number of hydrogen-bond donors (Lipinski definition) is 1. The molecule has 1 N–H and O–H groups in total. The highest BCUT2D eigenvalue weighted by Gasteiger charge is 2.36. The van der Waals surface area contributed by atoms with Crippen LogP contribution in [0.5, 0.6) is 0 Å². The largest absolute Gasteiger partial charge is 0.468 e. The minimum atomic E-state index is -1.65. The Kier molecular flexibility index (Phi) is 8.90. The summed E-state index contributed by atoms with van der Waals surface area (Å²) in [6, 6.07) is 0.564. The van der Waals surface area contributed by atoms with Gasteiger partial charge in [-0.25, -0.2) is 22.9 Å². The first kappa shape index (κ1) is 26.8. The molecule has 9 nitrogen and oxygen atoms in total. The lowest BCUT2D eigenvalue weighted by molar-refractivity contribution is -0.139. The van der Waals surface area contributed by atoms with Crippen LogP contribution in [0.1, 0.15) is 30.0 Å². The van der Waals surface area contributed by atoms with Gasteiger partial charge < -0.3 is 19.5 Å². The highest BCUT2D eigenvalue weighted by atomic mass is 32.1. The van der Waals surface area contributed by atoms with Crippen molar-refractivity contribution in [3.63, 3.8) is 0 Å². The van der Waals surface area contributed by atoms with Gasteiger partial charge in [0.2, 0.25) is 0 Å². The summed E-state index contributed by atoms with van der Waals surface area (Å²) in [6.45, 7) is 3.85. The Labute approximate surface area is 214 Å². The normalized spacial score (nSPS) is 20.3. The number of morpholine rings is 1. The maximum atomic E-state index is 15.0. The van der Waals surface area contributed by atoms with Crippen LogP contribution in [-0.2, 0) is 23.8 Å². The highest BCUT2D eigenvalue weighted by molar-refractivity contribution is 7.11. The summed E-state index contributed by atoms with van der Waals surface area (Å²) < 4.78 is 58.7. The van der Waals surface area contributed by atoms with Gasteiger partial charge in [0, 0.05) is 48.9 Å². The molecule has 1 aromatic carbocycles. The number of esters is 1. The monoisotopic (exact) mass is 538 g/mol. The van der Waals surface area contributed by atoms with Gasteiger partial charge >= 0.3 is 5.97 Å². The lowest BCUT2D eigenvalue weighted by Gasteiger charge is -2.35. The minimum Gasteiger partial charge on any atom is -0.468 e. The van der Waals surface area contributed by atoms with Gasteiger partial charge in [-0.2, -0.15) is 0 Å². The predicted octanol–water partition coefficient (Wildman–Crippen LogP) is 2.73. The van der Waals surface area contributed by atoms with Crippen LogP contribution in [-0.4, -0.2) is 73.7 Å². The van der Waals surface area contributed by atoms with E-state index in [0.29, 0.717) is 43.3 Å². The second-order valence-electron chi connectivity index (χ2n) is 8.20. The number of benzene rings is 1. The fourth-order valence-electron chi connectivity index (χ4n) is 4.17. The van der Waals surface area contributed by atoms with Crippen molar-refractivity contribution >= 4 is 29.6 Å². The first-order chi connectivity index (χ1) is 17.9. The van der Waals surface area contributed by atoms with Crippen LogP contribution in [0.3, 0.4) is 0 Å². The first-order valence-electron chi connectivity index (χ1n) is 11.6. The second kappa shape index (κ2) is 12.3. The summed E-state index contributed by atoms with van der Waals surface area (Å²) in [7, 11) is 0. The van der Waals surface area contributed by atoms with Crippen LogP contribution >= 0.6 is 11.3 Å². The SMILES string of the molecule is CCOC(=O)C1=C(CN2CCO[C@H](CCOC=O)C2)NC(c2nccs2)=N[C@H]1c1ccc(F)c(F)c1F. The Morgan fingerprint density at radius 2 is 2.16 bits per heavy atom. The first-order valence-corrected chi connectivity index (χ1v) is 12.5. The number of carbonyl (C=O) groups is 2. The Morgan fingerprint density at radius 1 is 1.32 bits per heavy atom. The molecule has 1 aromatic heterocycles. The van der Waals surface area contributed by atoms with E-state index in [1.165, 1.54) is 11.3 Å². The van der Waals surface area contributed by atoms with E-state index in [-0.39, 0.29) is 42.8 Å². The standard InChI is InChI=1S/C24H25F3N4O5S/c1-2-35-24(33)18-17(12-31-7-9-36-14(11-31)5-8-34-13-32)29-22(23-28-6-10-37-23)30-21(18)15-3-4-16(25)20(27)19(15)26/h3-4,6,10,13-14,21H,2,5,7-9,11-12H2,1H3,(H,29,30)/t14-,21+/m1/s1. The van der Waals surface area contributed by atoms with E-state index in [1.54, 1.807) is 18.5 Å². The van der Waals surface area contributed by atoms with Crippen molar-refractivity contribution in [2.45, 2.75) is 25.5 Å².